The third-order valence-corrected chi connectivity index (χ3v) is 5.29. The molecule has 0 aliphatic heterocycles. The molecule has 0 spiro atoms. The second-order valence-corrected chi connectivity index (χ2v) is 8.27. The van der Waals surface area contributed by atoms with Crippen molar-refractivity contribution in [3.63, 3.8) is 0 Å². The highest BCUT2D eigenvalue weighted by Gasteiger charge is 2.07. The van der Waals surface area contributed by atoms with Crippen LogP contribution in [-0.4, -0.2) is 35.5 Å². The van der Waals surface area contributed by atoms with Crippen molar-refractivity contribution in [1.82, 2.24) is 0 Å². The van der Waals surface area contributed by atoms with Crippen molar-refractivity contribution >= 4 is 5.97 Å². The maximum Gasteiger partial charge on any atom is 0.305 e. The molecule has 0 radical (unpaired) electrons. The molecule has 0 rings (SSSR count). The van der Waals surface area contributed by atoms with Gasteiger partial charge >= 0.3 is 5.97 Å². The van der Waals surface area contributed by atoms with Gasteiger partial charge in [-0.05, 0) is 32.1 Å². The Bertz CT molecular complexity index is 368. The molecular formula is C25H48O4. The molecule has 0 aliphatic carbocycles. The Morgan fingerprint density at radius 1 is 0.759 bits per heavy atom. The van der Waals surface area contributed by atoms with Crippen molar-refractivity contribution in [3.05, 3.63) is 12.2 Å². The summed E-state index contributed by atoms with van der Waals surface area (Å²) in [5, 5.41) is 17.8. The van der Waals surface area contributed by atoms with Crippen LogP contribution < -0.4 is 0 Å². The molecule has 1 atom stereocenters. The molecule has 4 heteroatoms. The number of hydrogen-bond acceptors (Lipinski definition) is 4. The second-order valence-electron chi connectivity index (χ2n) is 8.27. The summed E-state index contributed by atoms with van der Waals surface area (Å²) in [6.07, 6.45) is 25.9. The summed E-state index contributed by atoms with van der Waals surface area (Å²) in [4.78, 5) is 11.4. The summed E-state index contributed by atoms with van der Waals surface area (Å²) in [6, 6.07) is 0. The molecule has 0 aliphatic rings. The molecule has 0 aromatic carbocycles. The van der Waals surface area contributed by atoms with Crippen molar-refractivity contribution in [2.45, 2.75) is 129 Å². The normalized spacial score (nSPS) is 12.5. The number of rotatable bonds is 22. The molecule has 0 bridgehead atoms. The predicted molar refractivity (Wildman–Crippen MR) is 122 cm³/mol. The Hall–Kier alpha value is -0.870. The zero-order valence-corrected chi connectivity index (χ0v) is 19.1. The van der Waals surface area contributed by atoms with E-state index in [1.54, 1.807) is 0 Å². The number of aliphatic hydroxyl groups is 2. The van der Waals surface area contributed by atoms with Crippen LogP contribution in [0.1, 0.15) is 122 Å². The monoisotopic (exact) mass is 412 g/mol. The number of ether oxygens (including phenoxy) is 1. The maximum absolute atomic E-state index is 11.4. The van der Waals surface area contributed by atoms with E-state index in [1.807, 2.05) is 0 Å². The van der Waals surface area contributed by atoms with Gasteiger partial charge in [-0.2, -0.15) is 0 Å². The molecule has 0 aromatic rings. The summed E-state index contributed by atoms with van der Waals surface area (Å²) in [7, 11) is 0. The first-order valence-electron chi connectivity index (χ1n) is 12.3. The lowest BCUT2D eigenvalue weighted by atomic mass is 10.1. The first-order valence-corrected chi connectivity index (χ1v) is 12.3. The highest BCUT2D eigenvalue weighted by atomic mass is 16.5. The minimum atomic E-state index is -0.958. The molecule has 0 aromatic heterocycles. The zero-order valence-electron chi connectivity index (χ0n) is 19.1. The molecule has 0 fully saturated rings. The Morgan fingerprint density at radius 3 is 1.69 bits per heavy atom. The molecule has 0 unspecified atom stereocenters. The Balaban J connectivity index is 3.18. The fraction of sp³-hybridized carbons (Fsp3) is 0.880. The second kappa shape index (κ2) is 23.4. The van der Waals surface area contributed by atoms with Crippen molar-refractivity contribution in [3.8, 4) is 0 Å². The standard InChI is InChI=1S/C25H48O4/c1-2-3-4-5-6-7-8-9-10-11-12-13-14-15-16-17-18-19-20-21-25(28)29-23-24(27)22-26/h9-10,24,26-27H,2-8,11-23H2,1H3/b10-9-/t24-/m0/s1. The van der Waals surface area contributed by atoms with Gasteiger partial charge in [-0.1, -0.05) is 96.1 Å². The van der Waals surface area contributed by atoms with Gasteiger partial charge in [0.25, 0.3) is 0 Å². The highest BCUT2D eigenvalue weighted by molar-refractivity contribution is 5.69. The lowest BCUT2D eigenvalue weighted by Crippen LogP contribution is -2.21. The fourth-order valence-corrected chi connectivity index (χ4v) is 3.36. The summed E-state index contributed by atoms with van der Waals surface area (Å²) < 4.78 is 4.88. The lowest BCUT2D eigenvalue weighted by Gasteiger charge is -2.08. The third-order valence-electron chi connectivity index (χ3n) is 5.29. The van der Waals surface area contributed by atoms with Crippen LogP contribution in [0.15, 0.2) is 12.2 Å². The predicted octanol–water partition coefficient (Wildman–Crippen LogP) is 6.48. The number of carbonyl (C=O) groups is 1. The van der Waals surface area contributed by atoms with Gasteiger partial charge in [0.05, 0.1) is 6.61 Å². The molecule has 2 N–H and O–H groups in total. The largest absolute Gasteiger partial charge is 0.463 e. The van der Waals surface area contributed by atoms with E-state index in [1.165, 1.54) is 96.3 Å². The van der Waals surface area contributed by atoms with Crippen LogP contribution in [-0.2, 0) is 9.53 Å². The van der Waals surface area contributed by atoms with Crippen LogP contribution in [0.3, 0.4) is 0 Å². The summed E-state index contributed by atoms with van der Waals surface area (Å²) >= 11 is 0. The van der Waals surface area contributed by atoms with Crippen molar-refractivity contribution < 1.29 is 19.7 Å². The molecule has 4 nitrogen and oxygen atoms in total. The molecule has 0 amide bonds. The summed E-state index contributed by atoms with van der Waals surface area (Å²) in [5.74, 6) is -0.279. The molecule has 172 valence electrons. The van der Waals surface area contributed by atoms with E-state index in [0.29, 0.717) is 6.42 Å². The zero-order chi connectivity index (χ0) is 21.4. The van der Waals surface area contributed by atoms with Crippen LogP contribution >= 0.6 is 0 Å². The van der Waals surface area contributed by atoms with E-state index in [2.05, 4.69) is 19.1 Å². The van der Waals surface area contributed by atoms with Crippen molar-refractivity contribution in [1.29, 1.82) is 0 Å². The fourth-order valence-electron chi connectivity index (χ4n) is 3.36. The minimum absolute atomic E-state index is 0.107. The number of esters is 1. The first-order chi connectivity index (χ1) is 14.2. The van der Waals surface area contributed by atoms with Crippen LogP contribution in [0, 0.1) is 0 Å². The topological polar surface area (TPSA) is 66.8 Å². The van der Waals surface area contributed by atoms with Gasteiger partial charge in [-0.25, -0.2) is 0 Å². The molecule has 29 heavy (non-hydrogen) atoms. The average Bonchev–Trinajstić information content (AvgIpc) is 2.73. The van der Waals surface area contributed by atoms with E-state index in [-0.39, 0.29) is 19.2 Å². The lowest BCUT2D eigenvalue weighted by molar-refractivity contribution is -0.147. The van der Waals surface area contributed by atoms with E-state index in [9.17, 15) is 4.79 Å². The van der Waals surface area contributed by atoms with Crippen LogP contribution in [0.25, 0.3) is 0 Å². The highest BCUT2D eigenvalue weighted by Crippen LogP contribution is 2.12. The van der Waals surface area contributed by atoms with Gasteiger partial charge in [-0.3, -0.25) is 4.79 Å². The van der Waals surface area contributed by atoms with Gasteiger partial charge < -0.3 is 14.9 Å². The van der Waals surface area contributed by atoms with Gasteiger partial charge in [-0.15, -0.1) is 0 Å². The Kier molecular flexibility index (Phi) is 22.7. The smallest absolute Gasteiger partial charge is 0.305 e. The Labute approximate surface area is 180 Å². The molecule has 0 saturated carbocycles. The number of hydrogen-bond donors (Lipinski definition) is 2. The van der Waals surface area contributed by atoms with E-state index < -0.39 is 6.10 Å². The van der Waals surface area contributed by atoms with Gasteiger partial charge in [0.2, 0.25) is 0 Å². The van der Waals surface area contributed by atoms with Crippen LogP contribution in [0.4, 0.5) is 0 Å². The van der Waals surface area contributed by atoms with E-state index in [0.717, 1.165) is 12.8 Å². The first kappa shape index (κ1) is 28.1. The number of aliphatic hydroxyl groups excluding tert-OH is 2. The number of carbonyl (C=O) groups excluding carboxylic acids is 1. The van der Waals surface area contributed by atoms with Crippen LogP contribution in [0.5, 0.6) is 0 Å². The SMILES string of the molecule is CCCCCCCC/C=C\CCCCCCCCCCCC(=O)OC[C@@H](O)CO. The number of allylic oxidation sites excluding steroid dienone is 2. The van der Waals surface area contributed by atoms with Gasteiger partial charge in [0, 0.05) is 6.42 Å². The quantitative estimate of drug-likeness (QED) is 0.121. The Morgan fingerprint density at radius 2 is 1.21 bits per heavy atom. The molecular weight excluding hydrogens is 364 g/mol. The van der Waals surface area contributed by atoms with E-state index >= 15 is 0 Å². The molecule has 0 saturated heterocycles. The molecule has 0 heterocycles. The van der Waals surface area contributed by atoms with Gasteiger partial charge in [0.15, 0.2) is 0 Å². The van der Waals surface area contributed by atoms with Crippen molar-refractivity contribution in [2.75, 3.05) is 13.2 Å². The van der Waals surface area contributed by atoms with Crippen LogP contribution in [0.2, 0.25) is 0 Å². The minimum Gasteiger partial charge on any atom is -0.463 e. The number of unbranched alkanes of at least 4 members (excludes halogenated alkanes) is 15. The summed E-state index contributed by atoms with van der Waals surface area (Å²) in [6.45, 7) is 1.79. The maximum atomic E-state index is 11.4. The van der Waals surface area contributed by atoms with E-state index in [4.69, 9.17) is 14.9 Å². The summed E-state index contributed by atoms with van der Waals surface area (Å²) in [5.41, 5.74) is 0. The van der Waals surface area contributed by atoms with Gasteiger partial charge in [0.1, 0.15) is 12.7 Å². The van der Waals surface area contributed by atoms with Crippen molar-refractivity contribution in [2.24, 2.45) is 0 Å². The third kappa shape index (κ3) is 23.3. The average molecular weight is 413 g/mol.